The topological polar surface area (TPSA) is 48.7 Å². The molecule has 3 heterocycles. The van der Waals surface area contributed by atoms with Crippen molar-refractivity contribution in [2.24, 2.45) is 10.9 Å². The zero-order chi connectivity index (χ0) is 18.4. The lowest BCUT2D eigenvalue weighted by atomic mass is 10.2. The molecule has 0 unspecified atom stereocenters. The minimum absolute atomic E-state index is 0. The monoisotopic (exact) mass is 502 g/mol. The van der Waals surface area contributed by atoms with Crippen molar-refractivity contribution < 1.29 is 0 Å². The van der Waals surface area contributed by atoms with Gasteiger partial charge in [0.15, 0.2) is 5.96 Å². The van der Waals surface area contributed by atoms with Gasteiger partial charge < -0.3 is 19.7 Å². The van der Waals surface area contributed by atoms with E-state index in [1.807, 2.05) is 17.5 Å². The van der Waals surface area contributed by atoms with Gasteiger partial charge >= 0.3 is 0 Å². The number of nitrogens with one attached hydrogen (secondary N) is 1. The Balaban J connectivity index is 0.00000261. The molecule has 2 aromatic rings. The molecule has 1 aliphatic heterocycles. The van der Waals surface area contributed by atoms with Crippen LogP contribution in [0.4, 0.5) is 5.00 Å². The van der Waals surface area contributed by atoms with Gasteiger partial charge in [-0.3, -0.25) is 0 Å². The second-order valence-corrected chi connectivity index (χ2v) is 7.91. The smallest absolute Gasteiger partial charge is 0.194 e. The lowest BCUT2D eigenvalue weighted by molar-refractivity contribution is 0.373. The maximum absolute atomic E-state index is 4.87. The fourth-order valence-corrected chi connectivity index (χ4v) is 4.00. The van der Waals surface area contributed by atoms with Crippen molar-refractivity contribution in [3.05, 3.63) is 35.7 Å². The summed E-state index contributed by atoms with van der Waals surface area (Å²) in [6.07, 6.45) is 3.93. The van der Waals surface area contributed by atoms with Gasteiger partial charge in [0.25, 0.3) is 0 Å². The maximum Gasteiger partial charge on any atom is 0.194 e. The van der Waals surface area contributed by atoms with E-state index in [0.29, 0.717) is 12.5 Å². The van der Waals surface area contributed by atoms with E-state index in [0.717, 1.165) is 51.1 Å². The van der Waals surface area contributed by atoms with Crippen molar-refractivity contribution in [1.82, 2.24) is 19.8 Å². The van der Waals surface area contributed by atoms with Crippen LogP contribution in [-0.4, -0.2) is 53.1 Å². The summed E-state index contributed by atoms with van der Waals surface area (Å²) >= 11 is 1.81. The molecule has 6 nitrogen and oxygen atoms in total. The fraction of sp³-hybridized carbons (Fsp3) is 0.579. The van der Waals surface area contributed by atoms with Crippen LogP contribution in [-0.2, 0) is 13.1 Å². The van der Waals surface area contributed by atoms with Gasteiger partial charge in [0, 0.05) is 51.7 Å². The second kappa shape index (κ2) is 10.9. The molecule has 1 fully saturated rings. The molecule has 1 N–H and O–H groups in total. The third-order valence-electron chi connectivity index (χ3n) is 4.47. The average molecular weight is 502 g/mol. The predicted octanol–water partition coefficient (Wildman–Crippen LogP) is 3.51. The highest BCUT2D eigenvalue weighted by Crippen LogP contribution is 2.22. The van der Waals surface area contributed by atoms with Crippen LogP contribution in [0.2, 0.25) is 0 Å². The minimum Gasteiger partial charge on any atom is -0.360 e. The lowest BCUT2D eigenvalue weighted by Gasteiger charge is -2.37. The zero-order valence-corrected chi connectivity index (χ0v) is 19.6. The number of guanidine groups is 1. The van der Waals surface area contributed by atoms with Crippen molar-refractivity contribution in [1.29, 1.82) is 0 Å². The molecular formula is C19H31IN6S. The van der Waals surface area contributed by atoms with Gasteiger partial charge in [-0.15, -0.1) is 35.3 Å². The first-order chi connectivity index (χ1) is 12.7. The van der Waals surface area contributed by atoms with Gasteiger partial charge in [-0.2, -0.15) is 0 Å². The molecule has 0 aromatic carbocycles. The van der Waals surface area contributed by atoms with Crippen LogP contribution in [0.1, 0.15) is 26.6 Å². The fourth-order valence-electron chi connectivity index (χ4n) is 3.21. The van der Waals surface area contributed by atoms with Gasteiger partial charge in [-0.05, 0) is 30.4 Å². The van der Waals surface area contributed by atoms with E-state index in [1.165, 1.54) is 5.00 Å². The summed E-state index contributed by atoms with van der Waals surface area (Å²) in [5.74, 6) is 2.63. The normalized spacial score (nSPS) is 15.2. The van der Waals surface area contributed by atoms with Gasteiger partial charge in [-0.1, -0.05) is 13.8 Å². The van der Waals surface area contributed by atoms with Gasteiger partial charge in [0.05, 0.1) is 5.00 Å². The number of piperazine rings is 1. The largest absolute Gasteiger partial charge is 0.360 e. The molecule has 0 atom stereocenters. The quantitative estimate of drug-likeness (QED) is 0.373. The SMILES string of the molecule is CCNC(=NCc1nccn1CC(C)C)N1CCN(c2cccs2)CC1.I. The molecule has 1 aliphatic rings. The standard InChI is InChI=1S/C19H30N6S.HI/c1-4-20-19(22-14-17-21-7-8-25(17)15-16(2)3)24-11-9-23(10-12-24)18-6-5-13-26-18;/h5-8,13,16H,4,9-12,14-15H2,1-3H3,(H,20,22);1H. The van der Waals surface area contributed by atoms with E-state index in [2.05, 4.69) is 69.1 Å². The Kier molecular flexibility index (Phi) is 8.88. The molecule has 27 heavy (non-hydrogen) atoms. The Hall–Kier alpha value is -1.29. The number of thiophene rings is 1. The molecule has 0 saturated carbocycles. The number of hydrogen-bond donors (Lipinski definition) is 1. The van der Waals surface area contributed by atoms with Crippen molar-refractivity contribution in [2.45, 2.75) is 33.9 Å². The molecule has 0 aliphatic carbocycles. The van der Waals surface area contributed by atoms with Crippen molar-refractivity contribution in [2.75, 3.05) is 37.6 Å². The molecule has 3 rings (SSSR count). The highest BCUT2D eigenvalue weighted by molar-refractivity contribution is 14.0. The molecule has 0 bridgehead atoms. The second-order valence-electron chi connectivity index (χ2n) is 6.99. The first-order valence-corrected chi connectivity index (χ1v) is 10.4. The Labute approximate surface area is 183 Å². The number of aliphatic imine (C=N–C) groups is 1. The summed E-state index contributed by atoms with van der Waals surface area (Å²) in [4.78, 5) is 14.2. The number of anilines is 1. The Morgan fingerprint density at radius 2 is 2.07 bits per heavy atom. The molecule has 0 spiro atoms. The van der Waals surface area contributed by atoms with Crippen molar-refractivity contribution in [3.8, 4) is 0 Å². The summed E-state index contributed by atoms with van der Waals surface area (Å²) in [5.41, 5.74) is 0. The third-order valence-corrected chi connectivity index (χ3v) is 5.39. The number of imidazole rings is 1. The lowest BCUT2D eigenvalue weighted by Crippen LogP contribution is -2.52. The number of halogens is 1. The van der Waals surface area contributed by atoms with Crippen LogP contribution in [0.5, 0.6) is 0 Å². The summed E-state index contributed by atoms with van der Waals surface area (Å²) in [6.45, 7) is 13.1. The van der Waals surface area contributed by atoms with Crippen LogP contribution in [0.15, 0.2) is 34.9 Å². The van der Waals surface area contributed by atoms with Crippen molar-refractivity contribution in [3.63, 3.8) is 0 Å². The number of hydrogen-bond acceptors (Lipinski definition) is 4. The van der Waals surface area contributed by atoms with Crippen LogP contribution in [0.25, 0.3) is 0 Å². The Bertz CT molecular complexity index is 689. The first kappa shape index (κ1) is 22.0. The van der Waals surface area contributed by atoms with Gasteiger partial charge in [0.2, 0.25) is 0 Å². The van der Waals surface area contributed by atoms with Crippen LogP contribution in [0.3, 0.4) is 0 Å². The Morgan fingerprint density at radius 1 is 1.30 bits per heavy atom. The predicted molar refractivity (Wildman–Crippen MR) is 125 cm³/mol. The molecule has 1 saturated heterocycles. The molecule has 8 heteroatoms. The first-order valence-electron chi connectivity index (χ1n) is 9.49. The van der Waals surface area contributed by atoms with Crippen LogP contribution >= 0.6 is 35.3 Å². The van der Waals surface area contributed by atoms with Crippen molar-refractivity contribution >= 4 is 46.3 Å². The van der Waals surface area contributed by atoms with Gasteiger partial charge in [-0.25, -0.2) is 9.98 Å². The molecular weight excluding hydrogens is 471 g/mol. The van der Waals surface area contributed by atoms with E-state index in [4.69, 9.17) is 4.99 Å². The minimum atomic E-state index is 0. The van der Waals surface area contributed by atoms with Crippen LogP contribution in [0, 0.1) is 5.92 Å². The highest BCUT2D eigenvalue weighted by Gasteiger charge is 2.20. The zero-order valence-electron chi connectivity index (χ0n) is 16.5. The summed E-state index contributed by atoms with van der Waals surface area (Å²) in [6, 6.07) is 4.32. The van der Waals surface area contributed by atoms with Gasteiger partial charge in [0.1, 0.15) is 12.4 Å². The molecule has 2 aromatic heterocycles. The molecule has 0 amide bonds. The van der Waals surface area contributed by atoms with E-state index in [-0.39, 0.29) is 24.0 Å². The van der Waals surface area contributed by atoms with E-state index < -0.39 is 0 Å². The summed E-state index contributed by atoms with van der Waals surface area (Å²) in [7, 11) is 0. The number of aromatic nitrogens is 2. The Morgan fingerprint density at radius 3 is 2.70 bits per heavy atom. The van der Waals surface area contributed by atoms with Crippen LogP contribution < -0.4 is 10.2 Å². The average Bonchev–Trinajstić information content (AvgIpc) is 3.30. The summed E-state index contributed by atoms with van der Waals surface area (Å²) < 4.78 is 2.21. The van der Waals surface area contributed by atoms with E-state index >= 15 is 0 Å². The highest BCUT2D eigenvalue weighted by atomic mass is 127. The van der Waals surface area contributed by atoms with E-state index in [1.54, 1.807) is 0 Å². The maximum atomic E-state index is 4.87. The third kappa shape index (κ3) is 6.10. The molecule has 150 valence electrons. The number of nitrogens with zero attached hydrogens (tertiary/aromatic N) is 5. The van der Waals surface area contributed by atoms with E-state index in [9.17, 15) is 0 Å². The number of rotatable bonds is 6. The molecule has 0 radical (unpaired) electrons. The summed E-state index contributed by atoms with van der Waals surface area (Å²) in [5, 5.41) is 6.96.